The first-order valence-corrected chi connectivity index (χ1v) is 6.87. The average molecular weight is 334 g/mol. The largest absolute Gasteiger partial charge is 0.415 e. The molecule has 1 amide bonds. The van der Waals surface area contributed by atoms with Gasteiger partial charge in [-0.1, -0.05) is 0 Å². The molecule has 4 nitrogen and oxygen atoms in total. The van der Waals surface area contributed by atoms with Crippen molar-refractivity contribution >= 4 is 5.91 Å². The van der Waals surface area contributed by atoms with Crippen molar-refractivity contribution in [1.29, 1.82) is 0 Å². The summed E-state index contributed by atoms with van der Waals surface area (Å²) in [6.07, 6.45) is -11.5. The Labute approximate surface area is 122 Å². The second-order valence-corrected chi connectivity index (χ2v) is 5.61. The number of alkyl halides is 6. The molecule has 0 radical (unpaired) electrons. The molecule has 0 aromatic rings. The maximum atomic E-state index is 12.6. The summed E-state index contributed by atoms with van der Waals surface area (Å²) in [5.74, 6) is -0.821. The topological polar surface area (TPSA) is 43.8 Å². The van der Waals surface area contributed by atoms with Gasteiger partial charge >= 0.3 is 12.4 Å². The number of carbonyl (C=O) groups is 1. The molecule has 2 saturated heterocycles. The zero-order valence-electron chi connectivity index (χ0n) is 11.5. The van der Waals surface area contributed by atoms with Gasteiger partial charge in [-0.05, 0) is 25.8 Å². The Kier molecular flexibility index (Phi) is 4.63. The number of halogens is 6. The lowest BCUT2D eigenvalue weighted by Crippen LogP contribution is -2.53. The third-order valence-corrected chi connectivity index (χ3v) is 4.08. The van der Waals surface area contributed by atoms with Gasteiger partial charge in [-0.3, -0.25) is 9.69 Å². The number of hydrogen-bond acceptors (Lipinski definition) is 3. The SMILES string of the molecule is O=C1[C@H](N2CCC[C@@H]2[C@@H](O)C(F)(F)F)CCN1CC(F)(F)F. The standard InChI is InChI=1S/C12H16F6N2O2/c13-11(14,15)6-19-5-3-8(10(19)22)20-4-1-2-7(20)9(21)12(16,17)18/h7-9,21H,1-6H2/t7-,8-,9-/m1/s1. The summed E-state index contributed by atoms with van der Waals surface area (Å²) < 4.78 is 75.0. The van der Waals surface area contributed by atoms with E-state index >= 15 is 0 Å². The van der Waals surface area contributed by atoms with Gasteiger partial charge in [-0.25, -0.2) is 0 Å². The van der Waals surface area contributed by atoms with Gasteiger partial charge in [0.15, 0.2) is 6.10 Å². The number of amides is 1. The molecule has 2 aliphatic rings. The van der Waals surface area contributed by atoms with Crippen LogP contribution in [0.3, 0.4) is 0 Å². The number of likely N-dealkylation sites (tertiary alicyclic amines) is 2. The van der Waals surface area contributed by atoms with Crippen LogP contribution in [0.5, 0.6) is 0 Å². The second kappa shape index (κ2) is 5.88. The predicted molar refractivity (Wildman–Crippen MR) is 62.8 cm³/mol. The van der Waals surface area contributed by atoms with E-state index in [-0.39, 0.29) is 25.9 Å². The Morgan fingerprint density at radius 2 is 1.77 bits per heavy atom. The van der Waals surface area contributed by atoms with Crippen molar-refractivity contribution in [2.45, 2.75) is 49.8 Å². The molecule has 1 N–H and O–H groups in total. The first kappa shape index (κ1) is 17.3. The van der Waals surface area contributed by atoms with Crippen LogP contribution in [-0.2, 0) is 4.79 Å². The fourth-order valence-corrected chi connectivity index (χ4v) is 3.16. The Balaban J connectivity index is 2.07. The Morgan fingerprint density at radius 1 is 1.14 bits per heavy atom. The number of aliphatic hydroxyl groups is 1. The van der Waals surface area contributed by atoms with Crippen LogP contribution in [0.2, 0.25) is 0 Å². The zero-order valence-corrected chi connectivity index (χ0v) is 11.5. The van der Waals surface area contributed by atoms with E-state index in [1.54, 1.807) is 0 Å². The minimum Gasteiger partial charge on any atom is -0.382 e. The van der Waals surface area contributed by atoms with Gasteiger partial charge < -0.3 is 10.0 Å². The molecular weight excluding hydrogens is 318 g/mol. The van der Waals surface area contributed by atoms with Gasteiger partial charge in [0.25, 0.3) is 0 Å². The van der Waals surface area contributed by atoms with Crippen LogP contribution in [0, 0.1) is 0 Å². The fourth-order valence-electron chi connectivity index (χ4n) is 3.16. The molecule has 2 fully saturated rings. The molecule has 0 saturated carbocycles. The molecule has 3 atom stereocenters. The quantitative estimate of drug-likeness (QED) is 0.797. The summed E-state index contributed by atoms with van der Waals surface area (Å²) in [7, 11) is 0. The molecule has 2 rings (SSSR count). The van der Waals surface area contributed by atoms with Crippen LogP contribution < -0.4 is 0 Å². The highest BCUT2D eigenvalue weighted by molar-refractivity contribution is 5.84. The lowest BCUT2D eigenvalue weighted by atomic mass is 10.1. The van der Waals surface area contributed by atoms with Gasteiger partial charge in [0.2, 0.25) is 5.91 Å². The normalized spacial score (nSPS) is 29.4. The minimum atomic E-state index is -4.82. The number of carbonyl (C=O) groups excluding carboxylic acids is 1. The monoisotopic (exact) mass is 334 g/mol. The van der Waals surface area contributed by atoms with E-state index in [0.29, 0.717) is 11.3 Å². The van der Waals surface area contributed by atoms with E-state index in [9.17, 15) is 36.2 Å². The van der Waals surface area contributed by atoms with E-state index in [1.165, 1.54) is 4.90 Å². The van der Waals surface area contributed by atoms with E-state index < -0.39 is 43.0 Å². The molecule has 10 heteroatoms. The molecule has 0 aromatic heterocycles. The number of hydrogen-bond donors (Lipinski definition) is 1. The Hall–Kier alpha value is -1.03. The first-order chi connectivity index (χ1) is 10.0. The highest BCUT2D eigenvalue weighted by Gasteiger charge is 2.51. The van der Waals surface area contributed by atoms with E-state index in [4.69, 9.17) is 0 Å². The summed E-state index contributed by atoms with van der Waals surface area (Å²) in [5.41, 5.74) is 0. The fraction of sp³-hybridized carbons (Fsp3) is 0.917. The van der Waals surface area contributed by atoms with E-state index in [1.807, 2.05) is 0 Å². The molecule has 0 bridgehead atoms. The van der Waals surface area contributed by atoms with E-state index in [2.05, 4.69) is 0 Å². The lowest BCUT2D eigenvalue weighted by Gasteiger charge is -2.33. The smallest absolute Gasteiger partial charge is 0.382 e. The van der Waals surface area contributed by atoms with Crippen LogP contribution in [-0.4, -0.2) is 71.0 Å². The lowest BCUT2D eigenvalue weighted by molar-refractivity contribution is -0.220. The average Bonchev–Trinajstić information content (AvgIpc) is 2.93. The predicted octanol–water partition coefficient (Wildman–Crippen LogP) is 1.54. The Morgan fingerprint density at radius 3 is 2.32 bits per heavy atom. The van der Waals surface area contributed by atoms with Gasteiger partial charge in [0.1, 0.15) is 6.54 Å². The number of aliphatic hydroxyl groups excluding tert-OH is 1. The molecule has 0 spiro atoms. The molecule has 0 aromatic carbocycles. The van der Waals surface area contributed by atoms with Crippen molar-refractivity contribution in [2.75, 3.05) is 19.6 Å². The number of nitrogens with zero attached hydrogens (tertiary/aromatic N) is 2. The van der Waals surface area contributed by atoms with Gasteiger partial charge in [-0.2, -0.15) is 26.3 Å². The Bertz CT molecular complexity index is 425. The highest BCUT2D eigenvalue weighted by Crippen LogP contribution is 2.34. The molecule has 0 unspecified atom stereocenters. The summed E-state index contributed by atoms with van der Waals surface area (Å²) in [5, 5.41) is 9.38. The maximum absolute atomic E-state index is 12.6. The molecule has 2 heterocycles. The summed E-state index contributed by atoms with van der Waals surface area (Å²) in [6.45, 7) is -1.38. The highest BCUT2D eigenvalue weighted by atomic mass is 19.4. The minimum absolute atomic E-state index is 0.0377. The van der Waals surface area contributed by atoms with Gasteiger partial charge in [0.05, 0.1) is 6.04 Å². The third kappa shape index (κ3) is 3.65. The van der Waals surface area contributed by atoms with Crippen molar-refractivity contribution in [2.24, 2.45) is 0 Å². The van der Waals surface area contributed by atoms with Crippen molar-refractivity contribution in [3.8, 4) is 0 Å². The summed E-state index contributed by atoms with van der Waals surface area (Å²) >= 11 is 0. The molecule has 22 heavy (non-hydrogen) atoms. The molecule has 128 valence electrons. The van der Waals surface area contributed by atoms with Crippen molar-refractivity contribution in [3.63, 3.8) is 0 Å². The summed E-state index contributed by atoms with van der Waals surface area (Å²) in [4.78, 5) is 13.8. The van der Waals surface area contributed by atoms with Crippen LogP contribution in [0.4, 0.5) is 26.3 Å². The number of rotatable bonds is 3. The maximum Gasteiger partial charge on any atom is 0.415 e. The van der Waals surface area contributed by atoms with Crippen LogP contribution in [0.15, 0.2) is 0 Å². The van der Waals surface area contributed by atoms with Crippen LogP contribution in [0.25, 0.3) is 0 Å². The third-order valence-electron chi connectivity index (χ3n) is 4.08. The molecule has 0 aliphatic carbocycles. The van der Waals surface area contributed by atoms with Crippen LogP contribution in [0.1, 0.15) is 19.3 Å². The van der Waals surface area contributed by atoms with Crippen molar-refractivity contribution in [1.82, 2.24) is 9.80 Å². The first-order valence-electron chi connectivity index (χ1n) is 6.87. The van der Waals surface area contributed by atoms with Crippen molar-refractivity contribution < 1.29 is 36.2 Å². The van der Waals surface area contributed by atoms with E-state index in [0.717, 1.165) is 0 Å². The molecular formula is C12H16F6N2O2. The molecule has 2 aliphatic heterocycles. The van der Waals surface area contributed by atoms with Gasteiger partial charge in [0, 0.05) is 12.6 Å². The summed E-state index contributed by atoms with van der Waals surface area (Å²) in [6, 6.07) is -2.30. The van der Waals surface area contributed by atoms with Gasteiger partial charge in [-0.15, -0.1) is 0 Å². The zero-order chi connectivity index (χ0) is 16.7. The van der Waals surface area contributed by atoms with Crippen LogP contribution >= 0.6 is 0 Å². The second-order valence-electron chi connectivity index (χ2n) is 5.61. The van der Waals surface area contributed by atoms with Crippen molar-refractivity contribution in [3.05, 3.63) is 0 Å².